The Hall–Kier alpha value is -3.01. The molecule has 10 heteroatoms. The van der Waals surface area contributed by atoms with Gasteiger partial charge in [0.05, 0.1) is 15.2 Å². The second-order valence-electron chi connectivity index (χ2n) is 8.78. The van der Waals surface area contributed by atoms with Gasteiger partial charge in [-0.05, 0) is 56.4 Å². The number of anilines is 2. The average molecular weight is 512 g/mol. The highest BCUT2D eigenvalue weighted by molar-refractivity contribution is 7.18. The van der Waals surface area contributed by atoms with Gasteiger partial charge in [-0.15, -0.1) is 11.3 Å². The van der Waals surface area contributed by atoms with E-state index < -0.39 is 11.5 Å². The van der Waals surface area contributed by atoms with Crippen molar-refractivity contribution in [2.45, 2.75) is 38.8 Å². The van der Waals surface area contributed by atoms with E-state index in [2.05, 4.69) is 20.6 Å². The number of amides is 1. The van der Waals surface area contributed by atoms with Crippen LogP contribution in [0.3, 0.4) is 0 Å². The molecule has 0 radical (unpaired) electrons. The normalized spacial score (nSPS) is 18.5. The topological polar surface area (TPSA) is 98.1 Å². The first-order valence-corrected chi connectivity index (χ1v) is 12.8. The zero-order valence-electron chi connectivity index (χ0n) is 19.3. The van der Waals surface area contributed by atoms with Crippen LogP contribution in [0.5, 0.6) is 0 Å². The summed E-state index contributed by atoms with van der Waals surface area (Å²) in [4.78, 5) is 34.7. The van der Waals surface area contributed by atoms with Gasteiger partial charge in [-0.2, -0.15) is 4.98 Å². The van der Waals surface area contributed by atoms with E-state index in [-0.39, 0.29) is 17.5 Å². The maximum atomic E-state index is 13.0. The van der Waals surface area contributed by atoms with Crippen LogP contribution in [-0.2, 0) is 11.3 Å². The third-order valence-electron chi connectivity index (χ3n) is 6.12. The molecule has 182 valence electrons. The Bertz CT molecular complexity index is 1370. The second-order valence-corrected chi connectivity index (χ2v) is 10.5. The number of carbonyl (C=O) groups excluding carboxylic acids is 1. The average Bonchev–Trinajstić information content (AvgIpc) is 3.22. The zero-order valence-corrected chi connectivity index (χ0v) is 20.9. The van der Waals surface area contributed by atoms with Crippen LogP contribution < -0.4 is 16.2 Å². The Morgan fingerprint density at radius 2 is 2.11 bits per heavy atom. The predicted molar refractivity (Wildman–Crippen MR) is 139 cm³/mol. The predicted octanol–water partition coefficient (Wildman–Crippen LogP) is 4.51. The lowest BCUT2D eigenvalue weighted by molar-refractivity contribution is 0.0695. The minimum atomic E-state index is -0.565. The number of aromatic nitrogens is 3. The number of rotatable bonds is 6. The largest absolute Gasteiger partial charge is 0.381 e. The number of carbonyl (C=O) groups is 1. The van der Waals surface area contributed by atoms with Crippen LogP contribution in [0.4, 0.5) is 11.6 Å². The second kappa shape index (κ2) is 10.3. The fourth-order valence-electron chi connectivity index (χ4n) is 4.27. The fraction of sp³-hybridized carbons (Fsp3) is 0.360. The van der Waals surface area contributed by atoms with E-state index in [0.29, 0.717) is 30.7 Å². The Kier molecular flexibility index (Phi) is 6.99. The lowest BCUT2D eigenvalue weighted by atomic mass is 10.0. The Morgan fingerprint density at radius 1 is 1.29 bits per heavy atom. The minimum Gasteiger partial charge on any atom is -0.381 e. The molecule has 2 N–H and O–H groups in total. The molecule has 1 fully saturated rings. The summed E-state index contributed by atoms with van der Waals surface area (Å²) < 4.78 is 8.24. The van der Waals surface area contributed by atoms with E-state index in [1.165, 1.54) is 0 Å². The summed E-state index contributed by atoms with van der Waals surface area (Å²) in [5.74, 6) is 0.131. The molecule has 0 bridgehead atoms. The van der Waals surface area contributed by atoms with E-state index in [9.17, 15) is 9.59 Å². The third kappa shape index (κ3) is 5.63. The summed E-state index contributed by atoms with van der Waals surface area (Å²) in [5.41, 5.74) is 1.19. The van der Waals surface area contributed by atoms with Gasteiger partial charge in [0.25, 0.3) is 11.5 Å². The molecule has 0 spiro atoms. The van der Waals surface area contributed by atoms with Gasteiger partial charge in [0, 0.05) is 42.7 Å². The number of halogens is 1. The van der Waals surface area contributed by atoms with Crippen molar-refractivity contribution >= 4 is 50.7 Å². The van der Waals surface area contributed by atoms with Crippen molar-refractivity contribution in [3.63, 3.8) is 0 Å². The minimum absolute atomic E-state index is 0.00921. The maximum Gasteiger partial charge on any atom is 0.287 e. The number of allylic oxidation sites excluding steroid dienone is 4. The van der Waals surface area contributed by atoms with Crippen LogP contribution in [-0.4, -0.2) is 39.7 Å². The molecule has 1 saturated heterocycles. The number of hydrogen-bond acceptors (Lipinski definition) is 7. The highest BCUT2D eigenvalue weighted by atomic mass is 35.5. The number of nitrogens with one attached hydrogen (secondary N) is 2. The van der Waals surface area contributed by atoms with Crippen molar-refractivity contribution in [3.8, 4) is 0 Å². The molecule has 1 aromatic carbocycles. The third-order valence-corrected chi connectivity index (χ3v) is 7.34. The summed E-state index contributed by atoms with van der Waals surface area (Å²) in [6.07, 6.45) is 9.70. The van der Waals surface area contributed by atoms with Crippen molar-refractivity contribution in [1.29, 1.82) is 0 Å². The summed E-state index contributed by atoms with van der Waals surface area (Å²) in [6.45, 7) is 3.71. The van der Waals surface area contributed by atoms with Gasteiger partial charge < -0.3 is 19.9 Å². The molecule has 35 heavy (non-hydrogen) atoms. The number of ether oxygens (including phenoxy) is 1. The summed E-state index contributed by atoms with van der Waals surface area (Å²) in [7, 11) is 0. The van der Waals surface area contributed by atoms with Gasteiger partial charge in [-0.25, -0.2) is 4.98 Å². The fourth-order valence-corrected chi connectivity index (χ4v) is 5.29. The molecule has 0 saturated carbocycles. The highest BCUT2D eigenvalue weighted by Crippen LogP contribution is 2.27. The molecular weight excluding hydrogens is 486 g/mol. The summed E-state index contributed by atoms with van der Waals surface area (Å²) >= 11 is 7.69. The molecule has 5 rings (SSSR count). The van der Waals surface area contributed by atoms with Crippen LogP contribution in [0, 0.1) is 12.8 Å². The van der Waals surface area contributed by atoms with Crippen molar-refractivity contribution in [3.05, 3.63) is 68.6 Å². The maximum absolute atomic E-state index is 13.0. The lowest BCUT2D eigenvalue weighted by Gasteiger charge is -2.23. The van der Waals surface area contributed by atoms with Crippen molar-refractivity contribution in [2.24, 2.45) is 5.92 Å². The van der Waals surface area contributed by atoms with Crippen LogP contribution in [0.1, 0.15) is 34.6 Å². The number of nitrogens with zero attached hydrogens (tertiary/aromatic N) is 3. The van der Waals surface area contributed by atoms with Crippen molar-refractivity contribution in [1.82, 2.24) is 19.9 Å². The van der Waals surface area contributed by atoms with E-state index in [1.54, 1.807) is 17.5 Å². The van der Waals surface area contributed by atoms with Crippen LogP contribution in [0.25, 0.3) is 10.2 Å². The van der Waals surface area contributed by atoms with Crippen LogP contribution in [0.2, 0.25) is 0 Å². The number of fused-ring (bicyclic) bond motifs is 1. The molecule has 3 heterocycles. The smallest absolute Gasteiger partial charge is 0.287 e. The number of benzene rings is 1. The molecule has 1 amide bonds. The summed E-state index contributed by atoms with van der Waals surface area (Å²) in [6, 6.07) is 5.83. The van der Waals surface area contributed by atoms with Gasteiger partial charge in [-0.1, -0.05) is 23.8 Å². The molecule has 1 atom stereocenters. The van der Waals surface area contributed by atoms with E-state index in [4.69, 9.17) is 16.3 Å². The van der Waals surface area contributed by atoms with E-state index in [1.807, 2.05) is 47.9 Å². The number of thiazole rings is 1. The van der Waals surface area contributed by atoms with E-state index >= 15 is 0 Å². The monoisotopic (exact) mass is 511 g/mol. The van der Waals surface area contributed by atoms with Gasteiger partial charge in [0.15, 0.2) is 0 Å². The number of hydrogen-bond donors (Lipinski definition) is 2. The lowest BCUT2D eigenvalue weighted by Crippen LogP contribution is -2.41. The van der Waals surface area contributed by atoms with Crippen molar-refractivity contribution in [2.75, 3.05) is 18.5 Å². The molecular formula is C25H26ClN5O3S. The first kappa shape index (κ1) is 23.7. The van der Waals surface area contributed by atoms with Gasteiger partial charge in [0.1, 0.15) is 5.56 Å². The molecule has 1 aliphatic heterocycles. The van der Waals surface area contributed by atoms with Gasteiger partial charge in [0.2, 0.25) is 5.95 Å². The quantitative estimate of drug-likeness (QED) is 0.505. The molecule has 2 aliphatic rings. The zero-order chi connectivity index (χ0) is 24.4. The van der Waals surface area contributed by atoms with Gasteiger partial charge >= 0.3 is 0 Å². The van der Waals surface area contributed by atoms with Crippen molar-refractivity contribution < 1.29 is 9.53 Å². The SMILES string of the molecule is Cc1nc2ccc(Nc3nc(=O)c(C(=O)NC4CCOCC4)cn3CC3C=CC(Cl)=CC3)cc2s1. The Morgan fingerprint density at radius 3 is 2.89 bits per heavy atom. The van der Waals surface area contributed by atoms with Crippen LogP contribution >= 0.6 is 22.9 Å². The molecule has 2 aromatic heterocycles. The van der Waals surface area contributed by atoms with E-state index in [0.717, 1.165) is 40.2 Å². The first-order valence-electron chi connectivity index (χ1n) is 11.6. The van der Waals surface area contributed by atoms with Gasteiger partial charge in [-0.3, -0.25) is 9.59 Å². The molecule has 8 nitrogen and oxygen atoms in total. The Labute approximate surface area is 211 Å². The molecule has 3 aromatic rings. The highest BCUT2D eigenvalue weighted by Gasteiger charge is 2.22. The number of aryl methyl sites for hydroxylation is 1. The van der Waals surface area contributed by atoms with Crippen LogP contribution in [0.15, 0.2) is 52.5 Å². The standard InChI is InChI=1S/C25H26ClN5O3S/c1-15-27-21-7-6-19(12-22(21)35-15)29-25-30-24(33)20(23(32)28-18-8-10-34-11-9-18)14-31(25)13-16-2-4-17(26)5-3-16/h2,4-7,12,14,16,18H,3,8-11,13H2,1H3,(H,28,32)(H,29,30,33). The molecule has 1 aliphatic carbocycles. The Balaban J connectivity index is 1.45. The summed E-state index contributed by atoms with van der Waals surface area (Å²) in [5, 5.41) is 7.94. The molecule has 1 unspecified atom stereocenters. The first-order chi connectivity index (χ1) is 16.9.